The van der Waals surface area contributed by atoms with Gasteiger partial charge < -0.3 is 24.6 Å². The average Bonchev–Trinajstić information content (AvgIpc) is 2.47. The molecule has 4 atom stereocenters. The number of rotatable bonds is 6. The molecule has 1 aliphatic rings. The molecule has 17 heavy (non-hydrogen) atoms. The van der Waals surface area contributed by atoms with Crippen molar-refractivity contribution < 1.29 is 23.8 Å². The first-order valence-electron chi connectivity index (χ1n) is 5.93. The van der Waals surface area contributed by atoms with Crippen molar-refractivity contribution >= 4 is 7.60 Å². The molecule has 0 spiro atoms. The summed E-state index contributed by atoms with van der Waals surface area (Å²) in [5.41, 5.74) is 0. The fourth-order valence-corrected chi connectivity index (χ4v) is 3.88. The Hall–Kier alpha value is 0.0300. The van der Waals surface area contributed by atoms with Crippen molar-refractivity contribution in [1.29, 1.82) is 0 Å². The van der Waals surface area contributed by atoms with Gasteiger partial charge in [-0.3, -0.25) is 4.57 Å². The fourth-order valence-electron chi connectivity index (χ4n) is 2.01. The summed E-state index contributed by atoms with van der Waals surface area (Å²) >= 11 is 0. The largest absolute Gasteiger partial charge is 0.389 e. The number of aliphatic hydroxyl groups excluding tert-OH is 2. The van der Waals surface area contributed by atoms with Gasteiger partial charge in [-0.2, -0.15) is 0 Å². The van der Waals surface area contributed by atoms with Gasteiger partial charge in [0.25, 0.3) is 0 Å². The third-order valence-electron chi connectivity index (χ3n) is 2.82. The van der Waals surface area contributed by atoms with Crippen LogP contribution in [0.5, 0.6) is 0 Å². The van der Waals surface area contributed by atoms with Crippen LogP contribution in [0.4, 0.5) is 0 Å². The van der Waals surface area contributed by atoms with E-state index in [-0.39, 0.29) is 25.4 Å². The first-order chi connectivity index (χ1) is 7.93. The summed E-state index contributed by atoms with van der Waals surface area (Å²) in [6.07, 6.45) is -1.73. The SMILES string of the molecule is CCOP(=O)(C[C@@H]1N[C@@H](C)[C@@H](O)[C@H]1O)OCC. The summed E-state index contributed by atoms with van der Waals surface area (Å²) in [6.45, 7) is 5.82. The predicted octanol–water partition coefficient (Wildman–Crippen LogP) is 0.335. The van der Waals surface area contributed by atoms with Gasteiger partial charge in [-0.25, -0.2) is 0 Å². The third kappa shape index (κ3) is 3.74. The maximum Gasteiger partial charge on any atom is 0.332 e. The highest BCUT2D eigenvalue weighted by atomic mass is 31.2. The Labute approximate surface area is 102 Å². The Bertz CT molecular complexity index is 278. The maximum absolute atomic E-state index is 12.3. The van der Waals surface area contributed by atoms with Crippen molar-refractivity contribution in [2.45, 2.75) is 45.1 Å². The predicted molar refractivity (Wildman–Crippen MR) is 64.1 cm³/mol. The quantitative estimate of drug-likeness (QED) is 0.601. The van der Waals surface area contributed by atoms with E-state index in [0.29, 0.717) is 0 Å². The first-order valence-corrected chi connectivity index (χ1v) is 7.66. The van der Waals surface area contributed by atoms with Gasteiger partial charge in [0.15, 0.2) is 0 Å². The number of hydrogen-bond donors (Lipinski definition) is 3. The van der Waals surface area contributed by atoms with E-state index in [1.807, 2.05) is 0 Å². The minimum Gasteiger partial charge on any atom is -0.389 e. The normalized spacial score (nSPS) is 34.2. The molecule has 1 aliphatic heterocycles. The molecule has 0 saturated carbocycles. The molecule has 1 fully saturated rings. The van der Waals surface area contributed by atoms with E-state index in [1.165, 1.54) is 0 Å². The van der Waals surface area contributed by atoms with Crippen molar-refractivity contribution in [3.63, 3.8) is 0 Å². The molecule has 0 aromatic carbocycles. The minimum atomic E-state index is -3.19. The Morgan fingerprint density at radius 3 is 2.06 bits per heavy atom. The molecule has 1 rings (SSSR count). The lowest BCUT2D eigenvalue weighted by Gasteiger charge is -2.22. The van der Waals surface area contributed by atoms with Crippen molar-refractivity contribution in [3.8, 4) is 0 Å². The highest BCUT2D eigenvalue weighted by molar-refractivity contribution is 7.53. The number of nitrogens with one attached hydrogen (secondary N) is 1. The molecule has 0 aliphatic carbocycles. The summed E-state index contributed by atoms with van der Waals surface area (Å²) < 4.78 is 22.6. The van der Waals surface area contributed by atoms with Crippen LogP contribution in [-0.2, 0) is 13.6 Å². The smallest absolute Gasteiger partial charge is 0.332 e. The Kier molecular flexibility index (Phi) is 5.57. The molecule has 0 aromatic heterocycles. The van der Waals surface area contributed by atoms with Gasteiger partial charge in [-0.1, -0.05) is 0 Å². The molecule has 0 bridgehead atoms. The van der Waals surface area contributed by atoms with Crippen molar-refractivity contribution in [1.82, 2.24) is 5.32 Å². The van der Waals surface area contributed by atoms with E-state index in [4.69, 9.17) is 9.05 Å². The zero-order chi connectivity index (χ0) is 13.1. The molecule has 102 valence electrons. The Morgan fingerprint density at radius 2 is 1.71 bits per heavy atom. The topological polar surface area (TPSA) is 88.0 Å². The van der Waals surface area contributed by atoms with Crippen LogP contribution < -0.4 is 5.32 Å². The summed E-state index contributed by atoms with van der Waals surface area (Å²) in [5.74, 6) is 0. The summed E-state index contributed by atoms with van der Waals surface area (Å²) in [6, 6.07) is -0.698. The van der Waals surface area contributed by atoms with Gasteiger partial charge in [0.05, 0.1) is 31.6 Å². The van der Waals surface area contributed by atoms with Crippen LogP contribution >= 0.6 is 7.60 Å². The van der Waals surface area contributed by atoms with Crippen LogP contribution in [0.25, 0.3) is 0 Å². The highest BCUT2D eigenvalue weighted by Gasteiger charge is 2.42. The van der Waals surface area contributed by atoms with Gasteiger partial charge in [0.1, 0.15) is 0 Å². The second-order valence-electron chi connectivity index (χ2n) is 4.17. The van der Waals surface area contributed by atoms with E-state index in [0.717, 1.165) is 0 Å². The minimum absolute atomic E-state index is 0.0667. The zero-order valence-corrected chi connectivity index (χ0v) is 11.4. The number of aliphatic hydroxyl groups is 2. The van der Waals surface area contributed by atoms with Crippen LogP contribution in [0.2, 0.25) is 0 Å². The molecule has 0 radical (unpaired) electrons. The van der Waals surface area contributed by atoms with E-state index < -0.39 is 25.8 Å². The lowest BCUT2D eigenvalue weighted by molar-refractivity contribution is 0.0321. The standard InChI is InChI=1S/C10H22NO5P/c1-4-15-17(14,16-5-2)6-8-10(13)9(12)7(3)11-8/h7-13H,4-6H2,1-3H3/t7-,8-,9+,10-/m0/s1. The van der Waals surface area contributed by atoms with Crippen LogP contribution in [-0.4, -0.2) is 53.9 Å². The fraction of sp³-hybridized carbons (Fsp3) is 1.00. The lowest BCUT2D eigenvalue weighted by atomic mass is 10.1. The van der Waals surface area contributed by atoms with E-state index in [9.17, 15) is 14.8 Å². The molecule has 0 unspecified atom stereocenters. The average molecular weight is 267 g/mol. The summed E-state index contributed by atoms with van der Waals surface area (Å²) in [7, 11) is -3.19. The summed E-state index contributed by atoms with van der Waals surface area (Å²) in [5, 5.41) is 22.4. The molecule has 0 amide bonds. The van der Waals surface area contributed by atoms with Gasteiger partial charge in [-0.05, 0) is 20.8 Å². The third-order valence-corrected chi connectivity index (χ3v) is 4.97. The molecule has 6 nitrogen and oxygen atoms in total. The van der Waals surface area contributed by atoms with Crippen molar-refractivity contribution in [3.05, 3.63) is 0 Å². The van der Waals surface area contributed by atoms with Gasteiger partial charge in [0.2, 0.25) is 0 Å². The molecule has 1 saturated heterocycles. The van der Waals surface area contributed by atoms with E-state index >= 15 is 0 Å². The highest BCUT2D eigenvalue weighted by Crippen LogP contribution is 2.49. The number of hydrogen-bond acceptors (Lipinski definition) is 6. The molecule has 3 N–H and O–H groups in total. The zero-order valence-electron chi connectivity index (χ0n) is 10.5. The monoisotopic (exact) mass is 267 g/mol. The Morgan fingerprint density at radius 1 is 1.18 bits per heavy atom. The molecular weight excluding hydrogens is 245 g/mol. The van der Waals surface area contributed by atoms with Crippen molar-refractivity contribution in [2.24, 2.45) is 0 Å². The van der Waals surface area contributed by atoms with E-state index in [2.05, 4.69) is 5.32 Å². The molecule has 0 aromatic rings. The van der Waals surface area contributed by atoms with Crippen LogP contribution in [0.1, 0.15) is 20.8 Å². The Balaban J connectivity index is 2.65. The molecule has 1 heterocycles. The van der Waals surface area contributed by atoms with Gasteiger partial charge in [0, 0.05) is 12.1 Å². The maximum atomic E-state index is 12.3. The van der Waals surface area contributed by atoms with Crippen LogP contribution in [0.15, 0.2) is 0 Å². The van der Waals surface area contributed by atoms with Gasteiger partial charge >= 0.3 is 7.60 Å². The lowest BCUT2D eigenvalue weighted by Crippen LogP contribution is -2.36. The first kappa shape index (κ1) is 15.1. The second kappa shape index (κ2) is 6.27. The second-order valence-corrected chi connectivity index (χ2v) is 6.28. The van der Waals surface area contributed by atoms with Crippen LogP contribution in [0.3, 0.4) is 0 Å². The van der Waals surface area contributed by atoms with Crippen molar-refractivity contribution in [2.75, 3.05) is 19.4 Å². The molecular formula is C10H22NO5P. The van der Waals surface area contributed by atoms with Gasteiger partial charge in [-0.15, -0.1) is 0 Å². The van der Waals surface area contributed by atoms with Crippen LogP contribution in [0, 0.1) is 0 Å². The molecule has 7 heteroatoms. The van der Waals surface area contributed by atoms with E-state index in [1.54, 1.807) is 20.8 Å². The summed E-state index contributed by atoms with van der Waals surface area (Å²) in [4.78, 5) is 0.